The van der Waals surface area contributed by atoms with Crippen molar-refractivity contribution in [3.63, 3.8) is 0 Å². The number of primary amides is 1. The maximum absolute atomic E-state index is 12.0. The first-order valence-corrected chi connectivity index (χ1v) is 6.30. The number of amides is 2. The third kappa shape index (κ3) is 3.45. The lowest BCUT2D eigenvalue weighted by Gasteiger charge is -2.07. The van der Waals surface area contributed by atoms with Gasteiger partial charge in [-0.3, -0.25) is 9.59 Å². The Bertz CT molecular complexity index is 633. The van der Waals surface area contributed by atoms with Crippen LogP contribution in [0.5, 0.6) is 0 Å². The summed E-state index contributed by atoms with van der Waals surface area (Å²) in [6, 6.07) is 14.3. The van der Waals surface area contributed by atoms with Crippen LogP contribution in [0, 0.1) is 6.92 Å². The molecule has 0 radical (unpaired) electrons. The molecule has 4 heteroatoms. The summed E-state index contributed by atoms with van der Waals surface area (Å²) in [5.74, 6) is -0.575. The molecule has 0 heterocycles. The summed E-state index contributed by atoms with van der Waals surface area (Å²) in [6.45, 7) is 1.98. The minimum atomic E-state index is -0.484. The van der Waals surface area contributed by atoms with Crippen molar-refractivity contribution in [1.82, 2.24) is 0 Å². The van der Waals surface area contributed by atoms with Crippen LogP contribution in [0.15, 0.2) is 48.5 Å². The van der Waals surface area contributed by atoms with Crippen molar-refractivity contribution < 1.29 is 9.59 Å². The Morgan fingerprint density at radius 2 is 1.70 bits per heavy atom. The topological polar surface area (TPSA) is 72.2 Å². The Balaban J connectivity index is 2.01. The molecule has 0 saturated heterocycles. The normalized spacial score (nSPS) is 10.1. The molecular weight excluding hydrogens is 252 g/mol. The number of carbonyl (C=O) groups is 2. The highest BCUT2D eigenvalue weighted by molar-refractivity contribution is 5.95. The standard InChI is InChI=1S/C16H16N2O2/c1-11-4-2-3-5-13(11)10-15(19)18-14-8-6-12(7-9-14)16(17)20/h2-9H,10H2,1H3,(H2,17,20)(H,18,19). The van der Waals surface area contributed by atoms with Gasteiger partial charge in [0, 0.05) is 11.3 Å². The van der Waals surface area contributed by atoms with Crippen LogP contribution < -0.4 is 11.1 Å². The Labute approximate surface area is 117 Å². The van der Waals surface area contributed by atoms with E-state index >= 15 is 0 Å². The summed E-state index contributed by atoms with van der Waals surface area (Å²) in [4.78, 5) is 22.9. The maximum Gasteiger partial charge on any atom is 0.248 e. The molecule has 0 bridgehead atoms. The molecule has 0 fully saturated rings. The van der Waals surface area contributed by atoms with E-state index in [1.807, 2.05) is 31.2 Å². The van der Waals surface area contributed by atoms with Crippen LogP contribution in [-0.4, -0.2) is 11.8 Å². The zero-order valence-corrected chi connectivity index (χ0v) is 11.2. The molecule has 2 aromatic rings. The molecule has 0 aliphatic rings. The Morgan fingerprint density at radius 3 is 2.30 bits per heavy atom. The first-order valence-electron chi connectivity index (χ1n) is 6.30. The molecule has 2 aromatic carbocycles. The number of nitrogens with two attached hydrogens (primary N) is 1. The molecule has 2 rings (SSSR count). The van der Waals surface area contributed by atoms with Crippen LogP contribution in [0.2, 0.25) is 0 Å². The van der Waals surface area contributed by atoms with Crippen LogP contribution in [0.25, 0.3) is 0 Å². The average Bonchev–Trinajstić information content (AvgIpc) is 2.42. The van der Waals surface area contributed by atoms with E-state index in [0.717, 1.165) is 11.1 Å². The Hall–Kier alpha value is -2.62. The van der Waals surface area contributed by atoms with Crippen LogP contribution >= 0.6 is 0 Å². The van der Waals surface area contributed by atoms with Crippen molar-refractivity contribution >= 4 is 17.5 Å². The minimum absolute atomic E-state index is 0.0916. The number of rotatable bonds is 4. The van der Waals surface area contributed by atoms with Gasteiger partial charge in [-0.05, 0) is 42.3 Å². The van der Waals surface area contributed by atoms with E-state index in [1.165, 1.54) is 0 Å². The number of aryl methyl sites for hydroxylation is 1. The number of benzene rings is 2. The van der Waals surface area contributed by atoms with E-state index in [0.29, 0.717) is 17.7 Å². The van der Waals surface area contributed by atoms with Gasteiger partial charge >= 0.3 is 0 Å². The molecule has 0 aromatic heterocycles. The SMILES string of the molecule is Cc1ccccc1CC(=O)Nc1ccc(C(N)=O)cc1. The smallest absolute Gasteiger partial charge is 0.248 e. The Morgan fingerprint density at radius 1 is 1.05 bits per heavy atom. The number of hydrogen-bond donors (Lipinski definition) is 2. The number of anilines is 1. The lowest BCUT2D eigenvalue weighted by Crippen LogP contribution is -2.15. The van der Waals surface area contributed by atoms with Crippen molar-refractivity contribution in [2.45, 2.75) is 13.3 Å². The number of hydrogen-bond acceptors (Lipinski definition) is 2. The van der Waals surface area contributed by atoms with Crippen molar-refractivity contribution in [2.75, 3.05) is 5.32 Å². The van der Waals surface area contributed by atoms with E-state index in [1.54, 1.807) is 24.3 Å². The van der Waals surface area contributed by atoms with Gasteiger partial charge in [0.1, 0.15) is 0 Å². The largest absolute Gasteiger partial charge is 0.366 e. The van der Waals surface area contributed by atoms with Crippen molar-refractivity contribution in [3.05, 3.63) is 65.2 Å². The fourth-order valence-corrected chi connectivity index (χ4v) is 1.90. The molecule has 0 spiro atoms. The summed E-state index contributed by atoms with van der Waals surface area (Å²) >= 11 is 0. The molecule has 20 heavy (non-hydrogen) atoms. The van der Waals surface area contributed by atoms with Gasteiger partial charge in [-0.1, -0.05) is 24.3 Å². The second-order valence-electron chi connectivity index (χ2n) is 4.59. The lowest BCUT2D eigenvalue weighted by atomic mass is 10.1. The molecule has 0 saturated carbocycles. The molecule has 0 aliphatic carbocycles. The first kappa shape index (κ1) is 13.8. The predicted molar refractivity (Wildman–Crippen MR) is 78.5 cm³/mol. The van der Waals surface area contributed by atoms with Crippen LogP contribution in [0.4, 0.5) is 5.69 Å². The third-order valence-corrected chi connectivity index (χ3v) is 3.07. The van der Waals surface area contributed by atoms with Gasteiger partial charge in [-0.2, -0.15) is 0 Å². The van der Waals surface area contributed by atoms with Gasteiger partial charge in [0.2, 0.25) is 11.8 Å². The zero-order chi connectivity index (χ0) is 14.5. The second-order valence-corrected chi connectivity index (χ2v) is 4.59. The van der Waals surface area contributed by atoms with Gasteiger partial charge < -0.3 is 11.1 Å². The number of nitrogens with one attached hydrogen (secondary N) is 1. The van der Waals surface area contributed by atoms with Gasteiger partial charge in [0.25, 0.3) is 0 Å². The van der Waals surface area contributed by atoms with Gasteiger partial charge in [0.15, 0.2) is 0 Å². The van der Waals surface area contributed by atoms with Crippen LogP contribution in [0.1, 0.15) is 21.5 Å². The fourth-order valence-electron chi connectivity index (χ4n) is 1.90. The van der Waals surface area contributed by atoms with Gasteiger partial charge in [0.05, 0.1) is 6.42 Å². The average molecular weight is 268 g/mol. The van der Waals surface area contributed by atoms with Crippen molar-refractivity contribution in [2.24, 2.45) is 5.73 Å². The fraction of sp³-hybridized carbons (Fsp3) is 0.125. The summed E-state index contributed by atoms with van der Waals surface area (Å²) in [7, 11) is 0. The molecule has 0 atom stereocenters. The highest BCUT2D eigenvalue weighted by atomic mass is 16.1. The lowest BCUT2D eigenvalue weighted by molar-refractivity contribution is -0.115. The molecule has 4 nitrogen and oxygen atoms in total. The molecular formula is C16H16N2O2. The number of carbonyl (C=O) groups excluding carboxylic acids is 2. The summed E-state index contributed by atoms with van der Waals surface area (Å²) in [6.07, 6.45) is 0.324. The van der Waals surface area contributed by atoms with Crippen molar-refractivity contribution in [1.29, 1.82) is 0 Å². The van der Waals surface area contributed by atoms with E-state index in [2.05, 4.69) is 5.32 Å². The van der Waals surface area contributed by atoms with Crippen LogP contribution in [-0.2, 0) is 11.2 Å². The molecule has 0 unspecified atom stereocenters. The van der Waals surface area contributed by atoms with Crippen molar-refractivity contribution in [3.8, 4) is 0 Å². The summed E-state index contributed by atoms with van der Waals surface area (Å²) < 4.78 is 0. The van der Waals surface area contributed by atoms with E-state index in [9.17, 15) is 9.59 Å². The third-order valence-electron chi connectivity index (χ3n) is 3.07. The summed E-state index contributed by atoms with van der Waals surface area (Å²) in [5.41, 5.74) is 8.31. The quantitative estimate of drug-likeness (QED) is 0.892. The van der Waals surface area contributed by atoms with Gasteiger partial charge in [-0.25, -0.2) is 0 Å². The van der Waals surface area contributed by atoms with E-state index < -0.39 is 5.91 Å². The first-order chi connectivity index (χ1) is 9.56. The second kappa shape index (κ2) is 6.02. The monoisotopic (exact) mass is 268 g/mol. The predicted octanol–water partition coefficient (Wildman–Crippen LogP) is 2.28. The van der Waals surface area contributed by atoms with E-state index in [4.69, 9.17) is 5.73 Å². The molecule has 3 N–H and O–H groups in total. The Kier molecular flexibility index (Phi) is 4.15. The molecule has 2 amide bonds. The zero-order valence-electron chi connectivity index (χ0n) is 11.2. The highest BCUT2D eigenvalue weighted by Crippen LogP contribution is 2.12. The maximum atomic E-state index is 12.0. The summed E-state index contributed by atoms with van der Waals surface area (Å²) in [5, 5.41) is 2.79. The molecule has 102 valence electrons. The van der Waals surface area contributed by atoms with Gasteiger partial charge in [-0.15, -0.1) is 0 Å². The van der Waals surface area contributed by atoms with Crippen LogP contribution in [0.3, 0.4) is 0 Å². The van der Waals surface area contributed by atoms with E-state index in [-0.39, 0.29) is 5.91 Å². The highest BCUT2D eigenvalue weighted by Gasteiger charge is 2.06. The minimum Gasteiger partial charge on any atom is -0.366 e. The molecule has 0 aliphatic heterocycles.